The summed E-state index contributed by atoms with van der Waals surface area (Å²) in [4.78, 5) is 23.7. The molecule has 4 nitrogen and oxygen atoms in total. The number of amides is 1. The van der Waals surface area contributed by atoms with Crippen molar-refractivity contribution in [2.45, 2.75) is 19.0 Å². The summed E-state index contributed by atoms with van der Waals surface area (Å²) in [5, 5.41) is 2.59. The molecule has 1 N–H and O–H groups in total. The highest BCUT2D eigenvalue weighted by Gasteiger charge is 2.35. The minimum atomic E-state index is -4.68. The van der Waals surface area contributed by atoms with Gasteiger partial charge in [0, 0.05) is 6.54 Å². The average Bonchev–Trinajstić information content (AvgIpc) is 2.64. The zero-order valence-electron chi connectivity index (χ0n) is 14.0. The molecule has 0 spiro atoms. The fraction of sp³-hybridized carbons (Fsp3) is 0.263. The number of carbonyl (C=O) groups is 2. The second-order valence-corrected chi connectivity index (χ2v) is 5.74. The maximum Gasteiger partial charge on any atom is 0.417 e. The van der Waals surface area contributed by atoms with Gasteiger partial charge in [-0.2, -0.15) is 13.2 Å². The Morgan fingerprint density at radius 3 is 2.31 bits per heavy atom. The van der Waals surface area contributed by atoms with Crippen LogP contribution >= 0.6 is 0 Å². The first-order valence-corrected chi connectivity index (χ1v) is 7.94. The smallest absolute Gasteiger partial charge is 0.417 e. The predicted molar refractivity (Wildman–Crippen MR) is 89.6 cm³/mol. The van der Waals surface area contributed by atoms with E-state index < -0.39 is 35.8 Å². The summed E-state index contributed by atoms with van der Waals surface area (Å²) in [7, 11) is 0. The number of rotatable bonds is 6. The highest BCUT2D eigenvalue weighted by molar-refractivity contribution is 5.93. The van der Waals surface area contributed by atoms with Crippen LogP contribution < -0.4 is 5.32 Å². The third-order valence-corrected chi connectivity index (χ3v) is 3.76. The van der Waals surface area contributed by atoms with Gasteiger partial charge in [0.15, 0.2) is 6.61 Å². The van der Waals surface area contributed by atoms with Crippen LogP contribution in [0.1, 0.15) is 34.3 Å². The van der Waals surface area contributed by atoms with E-state index in [-0.39, 0.29) is 5.92 Å². The molecule has 1 amide bonds. The molecule has 0 radical (unpaired) electrons. The van der Waals surface area contributed by atoms with E-state index in [4.69, 9.17) is 4.74 Å². The number of hydrogen-bond donors (Lipinski definition) is 1. The highest BCUT2D eigenvalue weighted by atomic mass is 19.4. The minimum absolute atomic E-state index is 0.0433. The molecule has 2 aromatic rings. The van der Waals surface area contributed by atoms with Crippen molar-refractivity contribution in [1.29, 1.82) is 0 Å². The van der Waals surface area contributed by atoms with Gasteiger partial charge >= 0.3 is 12.1 Å². The number of halogens is 3. The Hall–Kier alpha value is -2.83. The quantitative estimate of drug-likeness (QED) is 0.793. The molecule has 138 valence electrons. The fourth-order valence-electron chi connectivity index (χ4n) is 2.33. The van der Waals surface area contributed by atoms with Gasteiger partial charge in [-0.1, -0.05) is 49.4 Å². The molecule has 0 saturated carbocycles. The van der Waals surface area contributed by atoms with Crippen LogP contribution in [0.2, 0.25) is 0 Å². The number of esters is 1. The van der Waals surface area contributed by atoms with Gasteiger partial charge in [0.05, 0.1) is 11.1 Å². The maximum atomic E-state index is 12.9. The van der Waals surface area contributed by atoms with Crippen molar-refractivity contribution in [2.75, 3.05) is 13.2 Å². The molecule has 26 heavy (non-hydrogen) atoms. The van der Waals surface area contributed by atoms with Crippen molar-refractivity contribution in [3.8, 4) is 0 Å². The predicted octanol–water partition coefficient (Wildman–Crippen LogP) is 3.78. The van der Waals surface area contributed by atoms with Gasteiger partial charge in [0.1, 0.15) is 0 Å². The zero-order valence-corrected chi connectivity index (χ0v) is 14.0. The fourth-order valence-corrected chi connectivity index (χ4v) is 2.33. The van der Waals surface area contributed by atoms with Gasteiger partial charge in [-0.05, 0) is 23.6 Å². The summed E-state index contributed by atoms with van der Waals surface area (Å²) >= 11 is 0. The second-order valence-electron chi connectivity index (χ2n) is 5.74. The van der Waals surface area contributed by atoms with Gasteiger partial charge in [-0.3, -0.25) is 4.79 Å². The Morgan fingerprint density at radius 2 is 1.65 bits per heavy atom. The third-order valence-electron chi connectivity index (χ3n) is 3.76. The number of ether oxygens (including phenoxy) is 1. The summed E-state index contributed by atoms with van der Waals surface area (Å²) in [5.74, 6) is -1.73. The van der Waals surface area contributed by atoms with Crippen molar-refractivity contribution in [2.24, 2.45) is 0 Å². The van der Waals surface area contributed by atoms with E-state index in [2.05, 4.69) is 5.32 Å². The Labute approximate surface area is 149 Å². The molecule has 0 saturated heterocycles. The molecule has 0 fully saturated rings. The summed E-state index contributed by atoms with van der Waals surface area (Å²) in [6.45, 7) is 1.59. The topological polar surface area (TPSA) is 55.4 Å². The van der Waals surface area contributed by atoms with Crippen LogP contribution in [-0.4, -0.2) is 25.0 Å². The van der Waals surface area contributed by atoms with Crippen molar-refractivity contribution in [3.05, 3.63) is 71.3 Å². The molecule has 2 rings (SSSR count). The van der Waals surface area contributed by atoms with Crippen LogP contribution in [0.4, 0.5) is 13.2 Å². The van der Waals surface area contributed by atoms with Crippen molar-refractivity contribution in [1.82, 2.24) is 5.32 Å². The first-order valence-electron chi connectivity index (χ1n) is 7.94. The second kappa shape index (κ2) is 8.51. The molecular weight excluding hydrogens is 347 g/mol. The van der Waals surface area contributed by atoms with Crippen molar-refractivity contribution in [3.63, 3.8) is 0 Å². The van der Waals surface area contributed by atoms with E-state index >= 15 is 0 Å². The van der Waals surface area contributed by atoms with Gasteiger partial charge in [-0.15, -0.1) is 0 Å². The highest BCUT2D eigenvalue weighted by Crippen LogP contribution is 2.32. The molecule has 1 unspecified atom stereocenters. The minimum Gasteiger partial charge on any atom is -0.452 e. The van der Waals surface area contributed by atoms with E-state index in [1.54, 1.807) is 0 Å². The largest absolute Gasteiger partial charge is 0.452 e. The average molecular weight is 365 g/mol. The lowest BCUT2D eigenvalue weighted by atomic mass is 10.0. The first-order chi connectivity index (χ1) is 12.3. The third kappa shape index (κ3) is 5.34. The maximum absolute atomic E-state index is 12.9. The van der Waals surface area contributed by atoms with Gasteiger partial charge in [-0.25, -0.2) is 4.79 Å². The van der Waals surface area contributed by atoms with E-state index in [0.717, 1.165) is 17.7 Å². The summed E-state index contributed by atoms with van der Waals surface area (Å²) in [6.07, 6.45) is -4.68. The number of benzene rings is 2. The summed E-state index contributed by atoms with van der Waals surface area (Å²) in [5.41, 5.74) is -0.683. The Bertz CT molecular complexity index is 760. The van der Waals surface area contributed by atoms with Crippen LogP contribution in [0, 0.1) is 0 Å². The lowest BCUT2D eigenvalue weighted by Gasteiger charge is -2.14. The Kier molecular flexibility index (Phi) is 6.38. The van der Waals surface area contributed by atoms with Crippen LogP contribution in [-0.2, 0) is 15.7 Å². The molecule has 0 heterocycles. The van der Waals surface area contributed by atoms with E-state index in [0.29, 0.717) is 6.54 Å². The van der Waals surface area contributed by atoms with Crippen molar-refractivity contribution >= 4 is 11.9 Å². The molecular formula is C19H18F3NO3. The number of alkyl halides is 3. The first kappa shape index (κ1) is 19.5. The molecule has 0 aliphatic rings. The monoisotopic (exact) mass is 365 g/mol. The summed E-state index contributed by atoms with van der Waals surface area (Å²) < 4.78 is 43.4. The molecule has 0 aliphatic carbocycles. The van der Waals surface area contributed by atoms with E-state index in [1.807, 2.05) is 37.3 Å². The standard InChI is InChI=1S/C19H18F3NO3/c1-13(14-7-3-2-4-8-14)11-23-17(24)12-26-18(25)15-9-5-6-10-16(15)19(20,21)22/h2-10,13H,11-12H2,1H3,(H,23,24). The molecule has 0 aliphatic heterocycles. The molecule has 2 aromatic carbocycles. The van der Waals surface area contributed by atoms with E-state index in [9.17, 15) is 22.8 Å². The number of nitrogens with one attached hydrogen (secondary N) is 1. The van der Waals surface area contributed by atoms with Gasteiger partial charge in [0.25, 0.3) is 5.91 Å². The van der Waals surface area contributed by atoms with Crippen LogP contribution in [0.25, 0.3) is 0 Å². The van der Waals surface area contributed by atoms with Crippen LogP contribution in [0.3, 0.4) is 0 Å². The SMILES string of the molecule is CC(CNC(=O)COC(=O)c1ccccc1C(F)(F)F)c1ccccc1. The Morgan fingerprint density at radius 1 is 1.04 bits per heavy atom. The molecule has 1 atom stereocenters. The molecule has 0 aromatic heterocycles. The lowest BCUT2D eigenvalue weighted by Crippen LogP contribution is -2.32. The van der Waals surface area contributed by atoms with Crippen LogP contribution in [0.5, 0.6) is 0 Å². The summed E-state index contributed by atoms with van der Waals surface area (Å²) in [6, 6.07) is 13.8. The van der Waals surface area contributed by atoms with Crippen LogP contribution in [0.15, 0.2) is 54.6 Å². The lowest BCUT2D eigenvalue weighted by molar-refractivity contribution is -0.138. The number of carbonyl (C=O) groups excluding carboxylic acids is 2. The van der Waals surface area contributed by atoms with Crippen molar-refractivity contribution < 1.29 is 27.5 Å². The zero-order chi connectivity index (χ0) is 19.2. The van der Waals surface area contributed by atoms with Gasteiger partial charge in [0.2, 0.25) is 0 Å². The van der Waals surface area contributed by atoms with E-state index in [1.165, 1.54) is 12.1 Å². The molecule has 7 heteroatoms. The Balaban J connectivity index is 1.87. The normalized spacial score (nSPS) is 12.3. The molecule has 0 bridgehead atoms. The number of hydrogen-bond acceptors (Lipinski definition) is 3. The van der Waals surface area contributed by atoms with Gasteiger partial charge < -0.3 is 10.1 Å².